The second-order valence-corrected chi connectivity index (χ2v) is 5.82. The number of anilines is 2. The fourth-order valence-electron chi connectivity index (χ4n) is 3.24. The number of aromatic nitrogens is 1. The van der Waals surface area contributed by atoms with Gasteiger partial charge in [-0.05, 0) is 43.0 Å². The van der Waals surface area contributed by atoms with Crippen molar-refractivity contribution in [3.63, 3.8) is 0 Å². The summed E-state index contributed by atoms with van der Waals surface area (Å²) in [7, 11) is 0. The fraction of sp³-hybridized carbons (Fsp3) is 0.471. The van der Waals surface area contributed by atoms with E-state index >= 15 is 0 Å². The molecule has 1 aliphatic carbocycles. The van der Waals surface area contributed by atoms with Crippen LogP contribution in [-0.2, 0) is 0 Å². The van der Waals surface area contributed by atoms with Crippen molar-refractivity contribution in [3.8, 4) is 0 Å². The molecule has 3 N–H and O–H groups in total. The lowest BCUT2D eigenvalue weighted by atomic mass is 10.0. The third-order valence-electron chi connectivity index (χ3n) is 4.41. The summed E-state index contributed by atoms with van der Waals surface area (Å²) in [5.74, 6) is 0.968. The number of nitrogens with zero attached hydrogens (tertiary/aromatic N) is 1. The van der Waals surface area contributed by atoms with Gasteiger partial charge in [-0.2, -0.15) is 0 Å². The quantitative estimate of drug-likeness (QED) is 0.632. The number of rotatable bonds is 5. The predicted octanol–water partition coefficient (Wildman–Crippen LogP) is 4.20. The van der Waals surface area contributed by atoms with Crippen LogP contribution in [0.15, 0.2) is 30.5 Å². The fourth-order valence-corrected chi connectivity index (χ4v) is 3.24. The van der Waals surface area contributed by atoms with E-state index < -0.39 is 0 Å². The van der Waals surface area contributed by atoms with Crippen LogP contribution in [0, 0.1) is 5.92 Å². The minimum absolute atomic E-state index is 0.816. The molecule has 1 aromatic carbocycles. The van der Waals surface area contributed by atoms with Crippen LogP contribution in [0.2, 0.25) is 0 Å². The molecule has 3 rings (SSSR count). The zero-order valence-corrected chi connectivity index (χ0v) is 11.9. The molecule has 20 heavy (non-hydrogen) atoms. The average Bonchev–Trinajstić information content (AvgIpc) is 2.99. The first-order chi connectivity index (χ1) is 9.84. The third kappa shape index (κ3) is 2.87. The van der Waals surface area contributed by atoms with Crippen molar-refractivity contribution >= 4 is 22.3 Å². The number of fused-ring (bicyclic) bond motifs is 1. The molecular weight excluding hydrogens is 246 g/mol. The van der Waals surface area contributed by atoms with Gasteiger partial charge in [-0.1, -0.05) is 25.7 Å². The lowest BCUT2D eigenvalue weighted by Gasteiger charge is -2.13. The van der Waals surface area contributed by atoms with Crippen LogP contribution in [0.25, 0.3) is 10.9 Å². The standard InChI is InChI=1S/C17H23N3/c18-17-14-8-4-12-19-15(14)9-10-16(17)20-11-3-7-13-5-1-2-6-13/h4,8-10,12-13,20H,1-3,5-7,11,18H2. The first kappa shape index (κ1) is 13.2. The number of nitrogens with one attached hydrogen (secondary N) is 1. The van der Waals surface area contributed by atoms with Crippen LogP contribution in [0.4, 0.5) is 11.4 Å². The van der Waals surface area contributed by atoms with E-state index in [1.807, 2.05) is 24.3 Å². The van der Waals surface area contributed by atoms with Gasteiger partial charge >= 0.3 is 0 Å². The Hall–Kier alpha value is -1.77. The Balaban J connectivity index is 1.58. The van der Waals surface area contributed by atoms with Gasteiger partial charge in [-0.3, -0.25) is 4.98 Å². The van der Waals surface area contributed by atoms with Gasteiger partial charge in [0.15, 0.2) is 0 Å². The van der Waals surface area contributed by atoms with Crippen LogP contribution in [-0.4, -0.2) is 11.5 Å². The lowest BCUT2D eigenvalue weighted by molar-refractivity contribution is 0.491. The van der Waals surface area contributed by atoms with Crippen LogP contribution in [0.1, 0.15) is 38.5 Å². The molecule has 1 saturated carbocycles. The highest BCUT2D eigenvalue weighted by atomic mass is 14.9. The SMILES string of the molecule is Nc1c(NCCCC2CCCC2)ccc2ncccc12. The number of nitrogen functional groups attached to an aromatic ring is 1. The van der Waals surface area contributed by atoms with E-state index in [1.165, 1.54) is 38.5 Å². The number of pyridine rings is 1. The number of nitrogens with two attached hydrogens (primary N) is 1. The molecule has 0 spiro atoms. The van der Waals surface area contributed by atoms with E-state index in [-0.39, 0.29) is 0 Å². The smallest absolute Gasteiger partial charge is 0.0724 e. The maximum atomic E-state index is 6.22. The van der Waals surface area contributed by atoms with E-state index in [4.69, 9.17) is 5.73 Å². The van der Waals surface area contributed by atoms with E-state index in [0.29, 0.717) is 0 Å². The topological polar surface area (TPSA) is 50.9 Å². The molecule has 3 heteroatoms. The molecule has 0 atom stereocenters. The first-order valence-corrected chi connectivity index (χ1v) is 7.71. The Morgan fingerprint density at radius 1 is 1.20 bits per heavy atom. The highest BCUT2D eigenvalue weighted by molar-refractivity contribution is 5.96. The lowest BCUT2D eigenvalue weighted by Crippen LogP contribution is -2.06. The van der Waals surface area contributed by atoms with Gasteiger partial charge in [0, 0.05) is 18.1 Å². The molecule has 1 heterocycles. The molecule has 3 nitrogen and oxygen atoms in total. The van der Waals surface area contributed by atoms with Crippen molar-refractivity contribution in [2.75, 3.05) is 17.6 Å². The van der Waals surface area contributed by atoms with E-state index in [1.54, 1.807) is 6.20 Å². The largest absolute Gasteiger partial charge is 0.397 e. The van der Waals surface area contributed by atoms with Gasteiger partial charge in [0.2, 0.25) is 0 Å². The predicted molar refractivity (Wildman–Crippen MR) is 85.8 cm³/mol. The normalized spacial score (nSPS) is 15.8. The molecule has 0 aliphatic heterocycles. The number of hydrogen-bond donors (Lipinski definition) is 2. The minimum atomic E-state index is 0.816. The van der Waals surface area contributed by atoms with Crippen LogP contribution < -0.4 is 11.1 Å². The summed E-state index contributed by atoms with van der Waals surface area (Å²) < 4.78 is 0. The van der Waals surface area contributed by atoms with Gasteiger partial charge in [0.05, 0.1) is 16.9 Å². The molecule has 106 valence electrons. The van der Waals surface area contributed by atoms with Gasteiger partial charge in [-0.15, -0.1) is 0 Å². The maximum Gasteiger partial charge on any atom is 0.0724 e. The summed E-state index contributed by atoms with van der Waals surface area (Å²) in [6, 6.07) is 8.04. The number of hydrogen-bond acceptors (Lipinski definition) is 3. The molecule has 0 amide bonds. The summed E-state index contributed by atoms with van der Waals surface area (Å²) in [4.78, 5) is 4.32. The Labute approximate surface area is 120 Å². The van der Waals surface area contributed by atoms with Crippen LogP contribution >= 0.6 is 0 Å². The zero-order valence-electron chi connectivity index (χ0n) is 11.9. The highest BCUT2D eigenvalue weighted by Crippen LogP contribution is 2.29. The summed E-state index contributed by atoms with van der Waals surface area (Å²) in [6.07, 6.45) is 10.1. The molecule has 0 saturated heterocycles. The Kier molecular flexibility index (Phi) is 4.05. The van der Waals surface area contributed by atoms with Gasteiger partial charge in [-0.25, -0.2) is 0 Å². The summed E-state index contributed by atoms with van der Waals surface area (Å²) >= 11 is 0. The molecule has 0 bridgehead atoms. The molecule has 2 aromatic rings. The summed E-state index contributed by atoms with van der Waals surface area (Å²) in [6.45, 7) is 1.01. The van der Waals surface area contributed by atoms with Crippen LogP contribution in [0.3, 0.4) is 0 Å². The summed E-state index contributed by atoms with van der Waals surface area (Å²) in [5, 5.41) is 4.51. The van der Waals surface area contributed by atoms with Crippen molar-refractivity contribution < 1.29 is 0 Å². The maximum absolute atomic E-state index is 6.22. The second-order valence-electron chi connectivity index (χ2n) is 5.82. The zero-order chi connectivity index (χ0) is 13.8. The highest BCUT2D eigenvalue weighted by Gasteiger charge is 2.14. The van der Waals surface area contributed by atoms with Crippen molar-refractivity contribution in [1.29, 1.82) is 0 Å². The monoisotopic (exact) mass is 269 g/mol. The van der Waals surface area contributed by atoms with Gasteiger partial charge in [0.25, 0.3) is 0 Å². The molecule has 1 aromatic heterocycles. The molecule has 0 radical (unpaired) electrons. The van der Waals surface area contributed by atoms with Crippen molar-refractivity contribution in [3.05, 3.63) is 30.5 Å². The van der Waals surface area contributed by atoms with Gasteiger partial charge in [0.1, 0.15) is 0 Å². The second kappa shape index (κ2) is 6.12. The Morgan fingerprint density at radius 2 is 2.05 bits per heavy atom. The van der Waals surface area contributed by atoms with Crippen molar-refractivity contribution in [2.45, 2.75) is 38.5 Å². The summed E-state index contributed by atoms with van der Waals surface area (Å²) in [5.41, 5.74) is 9.04. The first-order valence-electron chi connectivity index (χ1n) is 7.71. The Morgan fingerprint density at radius 3 is 2.90 bits per heavy atom. The molecule has 1 fully saturated rings. The third-order valence-corrected chi connectivity index (χ3v) is 4.41. The molecular formula is C17H23N3. The number of benzene rings is 1. The average molecular weight is 269 g/mol. The minimum Gasteiger partial charge on any atom is -0.397 e. The Bertz CT molecular complexity index is 573. The van der Waals surface area contributed by atoms with Crippen molar-refractivity contribution in [2.24, 2.45) is 5.92 Å². The van der Waals surface area contributed by atoms with E-state index in [0.717, 1.165) is 34.7 Å². The van der Waals surface area contributed by atoms with Gasteiger partial charge < -0.3 is 11.1 Å². The molecule has 1 aliphatic rings. The van der Waals surface area contributed by atoms with Crippen molar-refractivity contribution in [1.82, 2.24) is 4.98 Å². The van der Waals surface area contributed by atoms with E-state index in [9.17, 15) is 0 Å². The molecule has 0 unspecified atom stereocenters. The van der Waals surface area contributed by atoms with Crippen LogP contribution in [0.5, 0.6) is 0 Å². The van der Waals surface area contributed by atoms with E-state index in [2.05, 4.69) is 10.3 Å².